The van der Waals surface area contributed by atoms with Crippen molar-refractivity contribution in [3.63, 3.8) is 0 Å². The minimum atomic E-state index is -0.303. The summed E-state index contributed by atoms with van der Waals surface area (Å²) < 4.78 is 8.09. The van der Waals surface area contributed by atoms with Gasteiger partial charge in [-0.15, -0.1) is 0 Å². The van der Waals surface area contributed by atoms with Crippen molar-refractivity contribution in [2.75, 3.05) is 6.54 Å². The van der Waals surface area contributed by atoms with Crippen LogP contribution >= 0.6 is 0 Å². The van der Waals surface area contributed by atoms with Crippen molar-refractivity contribution in [3.05, 3.63) is 53.3 Å². The number of nitrogens with one attached hydrogen (secondary N) is 2. The average Bonchev–Trinajstić information content (AvgIpc) is 3.08. The molecule has 0 bridgehead atoms. The second-order valence-corrected chi connectivity index (χ2v) is 5.76. The quantitative estimate of drug-likeness (QED) is 0.836. The summed E-state index contributed by atoms with van der Waals surface area (Å²) in [7, 11) is 0. The van der Waals surface area contributed by atoms with E-state index in [-0.39, 0.29) is 24.4 Å². The summed E-state index contributed by atoms with van der Waals surface area (Å²) in [5, 5.41) is 4.34. The Morgan fingerprint density at radius 2 is 2.30 bits per heavy atom. The van der Waals surface area contributed by atoms with Crippen LogP contribution in [0.4, 0.5) is 0 Å². The first kappa shape index (κ1) is 12.8. The van der Waals surface area contributed by atoms with E-state index in [0.29, 0.717) is 30.1 Å². The second-order valence-electron chi connectivity index (χ2n) is 5.76. The third-order valence-corrected chi connectivity index (χ3v) is 4.21. The number of carbonyl (C=O) groups excluding carboxylic acids is 2. The van der Waals surface area contributed by atoms with Gasteiger partial charge in [-0.05, 0) is 24.1 Å². The van der Waals surface area contributed by atoms with E-state index in [1.54, 1.807) is 17.3 Å². The van der Waals surface area contributed by atoms with Crippen LogP contribution in [0.5, 0.6) is 0 Å². The van der Waals surface area contributed by atoms with Crippen LogP contribution < -0.4 is 10.7 Å². The molecule has 0 fully saturated rings. The van der Waals surface area contributed by atoms with Gasteiger partial charge >= 0.3 is 0 Å². The van der Waals surface area contributed by atoms with Crippen molar-refractivity contribution in [3.8, 4) is 0 Å². The first-order valence-corrected chi connectivity index (χ1v) is 7.62. The highest BCUT2D eigenvalue weighted by atomic mass is 16.2. The Kier molecular flexibility index (Phi) is 2.90. The highest BCUT2D eigenvalue weighted by Crippen LogP contribution is 2.28. The molecule has 7 nitrogen and oxygen atoms in total. The van der Waals surface area contributed by atoms with E-state index in [1.807, 2.05) is 25.1 Å². The van der Waals surface area contributed by atoms with E-state index in [1.165, 1.54) is 10.4 Å². The smallest absolute Gasteiger partial charge is 0.274 e. The third-order valence-electron chi connectivity index (χ3n) is 4.21. The molecule has 0 saturated heterocycles. The molecule has 7 heteroatoms. The summed E-state index contributed by atoms with van der Waals surface area (Å²) in [5.74, 6) is -0.000559. The fourth-order valence-electron chi connectivity index (χ4n) is 2.98. The predicted octanol–water partition coefficient (Wildman–Crippen LogP) is 0.248. The van der Waals surface area contributed by atoms with E-state index in [9.17, 15) is 9.59 Å². The maximum atomic E-state index is 12.7. The molecule has 0 aliphatic carbocycles. The Morgan fingerprint density at radius 1 is 1.43 bits per heavy atom. The zero-order valence-electron chi connectivity index (χ0n) is 13.7. The summed E-state index contributed by atoms with van der Waals surface area (Å²) >= 11 is 0. The maximum Gasteiger partial charge on any atom is 0.274 e. The summed E-state index contributed by atoms with van der Waals surface area (Å²) in [6.07, 6.45) is 5.91. The molecule has 0 radical (unpaired) electrons. The lowest BCUT2D eigenvalue weighted by Gasteiger charge is -2.26. The number of pyridine rings is 1. The molecule has 0 aromatic carbocycles. The molecule has 0 spiro atoms. The van der Waals surface area contributed by atoms with Crippen molar-refractivity contribution in [2.24, 2.45) is 0 Å². The topological polar surface area (TPSA) is 77.6 Å². The standard InChI is InChI=1S/C16H17N5O2/c1-2-11-6-13-18-14-12(15(22)21(13)19-11)9-20(16(14)23)8-10-4-3-5-17-7-10/h3-7,11,18-19H,2,8-9H2,1H3/i/hD. The normalized spacial score (nSPS) is 24.5. The fourth-order valence-corrected chi connectivity index (χ4v) is 2.98. The SMILES string of the molecule is [2H]N1C(CC)C=C2NC3=C(CN(Cc4cccnc4)C3=O)C(=O)N21. The molecule has 2 amide bonds. The fraction of sp³-hybridized carbons (Fsp3) is 0.312. The first-order valence-electron chi connectivity index (χ1n) is 8.07. The van der Waals surface area contributed by atoms with Crippen molar-refractivity contribution < 1.29 is 11.0 Å². The van der Waals surface area contributed by atoms with Gasteiger partial charge in [-0.2, -0.15) is 0 Å². The molecular weight excluding hydrogens is 294 g/mol. The molecular formula is C16H17N5O2. The Labute approximate surface area is 135 Å². The van der Waals surface area contributed by atoms with E-state index in [0.717, 1.165) is 5.56 Å². The number of nitrogens with zero attached hydrogens (tertiary/aromatic N) is 3. The molecule has 1 aromatic heterocycles. The monoisotopic (exact) mass is 312 g/mol. The van der Waals surface area contributed by atoms with Crippen LogP contribution in [0.15, 0.2) is 47.7 Å². The lowest BCUT2D eigenvalue weighted by Crippen LogP contribution is -2.48. The summed E-state index contributed by atoms with van der Waals surface area (Å²) in [6.45, 7) is 2.59. The van der Waals surface area contributed by atoms with Gasteiger partial charge in [0.25, 0.3) is 11.8 Å². The van der Waals surface area contributed by atoms with E-state index in [4.69, 9.17) is 1.41 Å². The predicted molar refractivity (Wildman–Crippen MR) is 82.0 cm³/mol. The summed E-state index contributed by atoms with van der Waals surface area (Å²) in [6, 6.07) is 3.54. The van der Waals surface area contributed by atoms with Gasteiger partial charge in [0, 0.05) is 25.0 Å². The van der Waals surface area contributed by atoms with Gasteiger partial charge in [-0.3, -0.25) is 14.6 Å². The van der Waals surface area contributed by atoms with Crippen molar-refractivity contribution in [1.29, 1.82) is 0 Å². The summed E-state index contributed by atoms with van der Waals surface area (Å²) in [4.78, 5) is 31.0. The molecule has 1 atom stereocenters. The van der Waals surface area contributed by atoms with Crippen molar-refractivity contribution in [1.82, 2.24) is 25.6 Å². The van der Waals surface area contributed by atoms with Gasteiger partial charge in [-0.25, -0.2) is 10.4 Å². The number of fused-ring (bicyclic) bond motifs is 1. The van der Waals surface area contributed by atoms with Gasteiger partial charge < -0.3 is 10.2 Å². The average molecular weight is 312 g/mol. The van der Waals surface area contributed by atoms with Crippen LogP contribution in [0.1, 0.15) is 18.9 Å². The van der Waals surface area contributed by atoms with Gasteiger partial charge in [0.1, 0.15) is 12.9 Å². The van der Waals surface area contributed by atoms with Crippen LogP contribution in [0.3, 0.4) is 0 Å². The van der Waals surface area contributed by atoms with E-state index in [2.05, 4.69) is 10.3 Å². The molecule has 4 heterocycles. The van der Waals surface area contributed by atoms with Crippen LogP contribution in [0, 0.1) is 0 Å². The van der Waals surface area contributed by atoms with E-state index < -0.39 is 0 Å². The Hall–Kier alpha value is -2.67. The van der Waals surface area contributed by atoms with Crippen LogP contribution in [0.2, 0.25) is 1.41 Å². The number of hydrogen-bond donors (Lipinski definition) is 2. The lowest BCUT2D eigenvalue weighted by atomic mass is 10.2. The molecule has 23 heavy (non-hydrogen) atoms. The molecule has 1 unspecified atom stereocenters. The minimum Gasteiger partial charge on any atom is -0.336 e. The van der Waals surface area contributed by atoms with E-state index >= 15 is 0 Å². The van der Waals surface area contributed by atoms with Crippen molar-refractivity contribution >= 4 is 11.8 Å². The lowest BCUT2D eigenvalue weighted by molar-refractivity contribution is -0.129. The zero-order chi connectivity index (χ0) is 16.8. The molecule has 2 N–H and O–H groups in total. The Balaban J connectivity index is 1.59. The third kappa shape index (κ3) is 2.20. The van der Waals surface area contributed by atoms with Crippen molar-refractivity contribution in [2.45, 2.75) is 25.9 Å². The maximum absolute atomic E-state index is 12.7. The second kappa shape index (κ2) is 5.20. The number of rotatable bonds is 3. The van der Waals surface area contributed by atoms with Gasteiger partial charge in [0.05, 0.1) is 12.1 Å². The highest BCUT2D eigenvalue weighted by Gasteiger charge is 2.43. The van der Waals surface area contributed by atoms with Crippen LogP contribution in [-0.2, 0) is 16.1 Å². The largest absolute Gasteiger partial charge is 0.336 e. The van der Waals surface area contributed by atoms with Crippen LogP contribution in [-0.4, -0.2) is 39.3 Å². The Morgan fingerprint density at radius 3 is 3.04 bits per heavy atom. The minimum absolute atomic E-state index is 0.168. The molecule has 118 valence electrons. The molecule has 3 aliphatic rings. The molecule has 0 saturated carbocycles. The number of aromatic nitrogens is 1. The van der Waals surface area contributed by atoms with Gasteiger partial charge in [0.2, 0.25) is 0 Å². The van der Waals surface area contributed by atoms with Gasteiger partial charge in [0.15, 0.2) is 0 Å². The first-order chi connectivity index (χ1) is 11.6. The number of amides is 2. The number of hydrogen-bond acceptors (Lipinski definition) is 5. The van der Waals surface area contributed by atoms with Gasteiger partial charge in [-0.1, -0.05) is 13.0 Å². The number of carbonyl (C=O) groups is 2. The molecule has 4 rings (SSSR count). The molecule has 1 aromatic rings. The highest BCUT2D eigenvalue weighted by molar-refractivity contribution is 6.10. The molecule has 3 aliphatic heterocycles. The Bertz CT molecular complexity index is 776. The summed E-state index contributed by atoms with van der Waals surface area (Å²) in [5.41, 5.74) is 2.82. The number of hydrazine groups is 1. The van der Waals surface area contributed by atoms with Crippen LogP contribution in [0.25, 0.3) is 0 Å². The zero-order valence-corrected chi connectivity index (χ0v) is 12.7.